The summed E-state index contributed by atoms with van der Waals surface area (Å²) in [6.45, 7) is 1.79. The number of nitrogens with one attached hydrogen (secondary N) is 1. The van der Waals surface area contributed by atoms with Crippen molar-refractivity contribution in [3.63, 3.8) is 0 Å². The van der Waals surface area contributed by atoms with Gasteiger partial charge < -0.3 is 10.1 Å². The van der Waals surface area contributed by atoms with E-state index in [1.165, 1.54) is 25.4 Å². The number of carbonyl (C=O) groups is 1. The first kappa shape index (κ1) is 14.3. The number of aromatic nitrogens is 1. The Hall–Kier alpha value is -2.14. The highest BCUT2D eigenvalue weighted by Crippen LogP contribution is 2.31. The van der Waals surface area contributed by atoms with Crippen molar-refractivity contribution in [3.05, 3.63) is 52.6 Å². The number of carbonyl (C=O) groups excluding carboxylic acids is 1. The van der Waals surface area contributed by atoms with Gasteiger partial charge in [0.25, 0.3) is 5.91 Å². The molecule has 1 heterocycles. The summed E-state index contributed by atoms with van der Waals surface area (Å²) in [4.78, 5) is 15.5. The summed E-state index contributed by atoms with van der Waals surface area (Å²) in [5.41, 5.74) is 1.05. The Bertz CT molecular complexity index is 662. The van der Waals surface area contributed by atoms with Crippen LogP contribution in [0.1, 0.15) is 15.9 Å². The van der Waals surface area contributed by atoms with Gasteiger partial charge in [0.15, 0.2) is 0 Å². The van der Waals surface area contributed by atoms with Crippen LogP contribution in [0.25, 0.3) is 0 Å². The maximum absolute atomic E-state index is 13.4. The van der Waals surface area contributed by atoms with E-state index in [1.54, 1.807) is 19.1 Å². The molecule has 1 amide bonds. The van der Waals surface area contributed by atoms with E-state index >= 15 is 0 Å². The molecule has 0 bridgehead atoms. The lowest BCUT2D eigenvalue weighted by Crippen LogP contribution is -2.15. The lowest BCUT2D eigenvalue weighted by molar-refractivity contribution is 0.102. The number of pyridine rings is 1. The fourth-order valence-electron chi connectivity index (χ4n) is 1.67. The fraction of sp³-hybridized carbons (Fsp3) is 0.143. The van der Waals surface area contributed by atoms with Gasteiger partial charge in [0.2, 0.25) is 5.95 Å². The van der Waals surface area contributed by atoms with Crippen molar-refractivity contribution in [1.82, 2.24) is 4.98 Å². The third-order valence-electron chi connectivity index (χ3n) is 2.73. The molecule has 0 aliphatic rings. The van der Waals surface area contributed by atoms with E-state index in [-0.39, 0.29) is 5.56 Å². The van der Waals surface area contributed by atoms with Crippen LogP contribution in [0.5, 0.6) is 5.75 Å². The van der Waals surface area contributed by atoms with Crippen LogP contribution in [0.3, 0.4) is 0 Å². The number of hydrogen-bond acceptors (Lipinski definition) is 3. The summed E-state index contributed by atoms with van der Waals surface area (Å²) in [6.07, 6.45) is 1.28. The molecule has 0 aliphatic carbocycles. The summed E-state index contributed by atoms with van der Waals surface area (Å²) in [5, 5.41) is 3.10. The second-order valence-corrected chi connectivity index (χ2v) is 4.50. The third kappa shape index (κ3) is 2.88. The first-order chi connectivity index (χ1) is 9.52. The molecule has 20 heavy (non-hydrogen) atoms. The number of aryl methyl sites for hydroxylation is 1. The number of hydrogen-bond donors (Lipinski definition) is 1. The minimum absolute atomic E-state index is 0.137. The molecule has 1 aromatic carbocycles. The van der Waals surface area contributed by atoms with E-state index in [2.05, 4.69) is 10.3 Å². The predicted molar refractivity (Wildman–Crippen MR) is 74.9 cm³/mol. The zero-order valence-corrected chi connectivity index (χ0v) is 11.7. The fourth-order valence-corrected chi connectivity index (χ4v) is 1.83. The minimum Gasteiger partial charge on any atom is -0.495 e. The molecule has 4 nitrogen and oxygen atoms in total. The van der Waals surface area contributed by atoms with E-state index in [1.807, 2.05) is 0 Å². The highest BCUT2D eigenvalue weighted by molar-refractivity contribution is 6.31. The molecule has 2 rings (SSSR count). The molecular formula is C14H12ClFN2O2. The number of methoxy groups -OCH3 is 1. The van der Waals surface area contributed by atoms with Crippen LogP contribution in [0.2, 0.25) is 5.02 Å². The standard InChI is InChI=1S/C14H12ClFN2O2/c1-8-6-11(12(20-2)7-10(8)15)18-14(19)9-4-3-5-17-13(9)16/h3-7H,1-2H3,(H,18,19). The van der Waals surface area contributed by atoms with Crippen molar-refractivity contribution in [3.8, 4) is 5.75 Å². The van der Waals surface area contributed by atoms with Crippen LogP contribution in [-0.2, 0) is 0 Å². The number of nitrogens with zero attached hydrogens (tertiary/aromatic N) is 1. The molecule has 2 aromatic rings. The lowest BCUT2D eigenvalue weighted by Gasteiger charge is -2.12. The second-order valence-electron chi connectivity index (χ2n) is 4.10. The molecule has 1 N–H and O–H groups in total. The molecule has 0 atom stereocenters. The third-order valence-corrected chi connectivity index (χ3v) is 3.14. The topological polar surface area (TPSA) is 51.2 Å². The van der Waals surface area contributed by atoms with Gasteiger partial charge in [-0.05, 0) is 30.7 Å². The molecule has 0 spiro atoms. The molecular weight excluding hydrogens is 283 g/mol. The Morgan fingerprint density at radius 3 is 2.85 bits per heavy atom. The summed E-state index contributed by atoms with van der Waals surface area (Å²) >= 11 is 5.98. The van der Waals surface area contributed by atoms with Gasteiger partial charge in [0.1, 0.15) is 5.75 Å². The maximum atomic E-state index is 13.4. The number of halogens is 2. The van der Waals surface area contributed by atoms with E-state index in [9.17, 15) is 9.18 Å². The van der Waals surface area contributed by atoms with Crippen molar-refractivity contribution in [1.29, 1.82) is 0 Å². The van der Waals surface area contributed by atoms with Crippen molar-refractivity contribution in [2.24, 2.45) is 0 Å². The molecule has 0 saturated carbocycles. The van der Waals surface area contributed by atoms with Crippen molar-refractivity contribution < 1.29 is 13.9 Å². The largest absolute Gasteiger partial charge is 0.495 e. The first-order valence-electron chi connectivity index (χ1n) is 5.79. The van der Waals surface area contributed by atoms with Crippen molar-refractivity contribution in [2.75, 3.05) is 12.4 Å². The van der Waals surface area contributed by atoms with Gasteiger partial charge in [-0.1, -0.05) is 11.6 Å². The average molecular weight is 295 g/mol. The van der Waals surface area contributed by atoms with Gasteiger partial charge in [-0.2, -0.15) is 4.39 Å². The number of rotatable bonds is 3. The Morgan fingerprint density at radius 2 is 2.20 bits per heavy atom. The zero-order chi connectivity index (χ0) is 14.7. The van der Waals surface area contributed by atoms with Gasteiger partial charge in [0, 0.05) is 17.3 Å². The van der Waals surface area contributed by atoms with Crippen LogP contribution >= 0.6 is 11.6 Å². The molecule has 0 aliphatic heterocycles. The van der Waals surface area contributed by atoms with Crippen LogP contribution in [0.15, 0.2) is 30.5 Å². The Morgan fingerprint density at radius 1 is 1.45 bits per heavy atom. The summed E-state index contributed by atoms with van der Waals surface area (Å²) in [6, 6.07) is 6.09. The number of benzene rings is 1. The van der Waals surface area contributed by atoms with E-state index in [4.69, 9.17) is 16.3 Å². The van der Waals surface area contributed by atoms with Gasteiger partial charge in [-0.15, -0.1) is 0 Å². The molecule has 1 aromatic heterocycles. The smallest absolute Gasteiger partial charge is 0.260 e. The summed E-state index contributed by atoms with van der Waals surface area (Å²) in [5.74, 6) is -1.02. The normalized spacial score (nSPS) is 10.2. The highest BCUT2D eigenvalue weighted by Gasteiger charge is 2.15. The van der Waals surface area contributed by atoms with Gasteiger partial charge in [0.05, 0.1) is 18.4 Å². The van der Waals surface area contributed by atoms with Crippen molar-refractivity contribution in [2.45, 2.75) is 6.92 Å². The SMILES string of the molecule is COc1cc(Cl)c(C)cc1NC(=O)c1cccnc1F. The quantitative estimate of drug-likeness (QED) is 0.882. The van der Waals surface area contributed by atoms with E-state index < -0.39 is 11.9 Å². The molecule has 6 heteroatoms. The molecule has 104 valence electrons. The lowest BCUT2D eigenvalue weighted by atomic mass is 10.2. The van der Waals surface area contributed by atoms with Crippen LogP contribution in [0.4, 0.5) is 10.1 Å². The second kappa shape index (κ2) is 5.88. The average Bonchev–Trinajstić information content (AvgIpc) is 2.43. The molecule has 0 saturated heterocycles. The van der Waals surface area contributed by atoms with E-state index in [0.29, 0.717) is 16.5 Å². The predicted octanol–water partition coefficient (Wildman–Crippen LogP) is 3.44. The monoisotopic (exact) mass is 294 g/mol. The van der Waals surface area contributed by atoms with Gasteiger partial charge in [-0.25, -0.2) is 4.98 Å². The Kier molecular flexibility index (Phi) is 4.20. The summed E-state index contributed by atoms with van der Waals surface area (Å²) in [7, 11) is 1.46. The highest BCUT2D eigenvalue weighted by atomic mass is 35.5. The Balaban J connectivity index is 2.33. The number of anilines is 1. The van der Waals surface area contributed by atoms with Crippen LogP contribution in [0, 0.1) is 12.9 Å². The molecule has 0 fully saturated rings. The van der Waals surface area contributed by atoms with Gasteiger partial charge >= 0.3 is 0 Å². The maximum Gasteiger partial charge on any atom is 0.260 e. The van der Waals surface area contributed by atoms with Crippen LogP contribution in [-0.4, -0.2) is 18.0 Å². The van der Waals surface area contributed by atoms with E-state index in [0.717, 1.165) is 5.56 Å². The minimum atomic E-state index is -0.824. The van der Waals surface area contributed by atoms with Crippen molar-refractivity contribution >= 4 is 23.2 Å². The molecule has 0 radical (unpaired) electrons. The number of ether oxygens (including phenoxy) is 1. The Labute approximate surface area is 120 Å². The zero-order valence-electron chi connectivity index (χ0n) is 10.9. The first-order valence-corrected chi connectivity index (χ1v) is 6.16. The van der Waals surface area contributed by atoms with Crippen LogP contribution < -0.4 is 10.1 Å². The summed E-state index contributed by atoms with van der Waals surface area (Å²) < 4.78 is 18.6. The van der Waals surface area contributed by atoms with Gasteiger partial charge in [-0.3, -0.25) is 4.79 Å². The molecule has 0 unspecified atom stereocenters. The number of amides is 1.